The molecule has 0 aromatic rings. The van der Waals surface area contributed by atoms with Crippen LogP contribution >= 0.6 is 0 Å². The van der Waals surface area contributed by atoms with Crippen LogP contribution in [0.15, 0.2) is 0 Å². The Bertz CT molecular complexity index is 386. The summed E-state index contributed by atoms with van der Waals surface area (Å²) in [5.41, 5.74) is 5.04. The van der Waals surface area contributed by atoms with E-state index in [-0.39, 0.29) is 6.54 Å². The first-order valence-corrected chi connectivity index (χ1v) is 5.72. The molecule has 0 spiro atoms. The number of carbonyl (C=O) groups excluding carboxylic acids is 3. The molecule has 0 saturated heterocycles. The molecule has 0 rings (SSSR count). The van der Waals surface area contributed by atoms with Crippen molar-refractivity contribution in [3.05, 3.63) is 0 Å². The lowest BCUT2D eigenvalue weighted by Crippen LogP contribution is -2.52. The zero-order valence-electron chi connectivity index (χ0n) is 10.9. The van der Waals surface area contributed by atoms with Gasteiger partial charge in [0, 0.05) is 0 Å². The van der Waals surface area contributed by atoms with Gasteiger partial charge in [-0.05, 0) is 6.92 Å². The quantitative estimate of drug-likeness (QED) is 0.265. The van der Waals surface area contributed by atoms with Crippen LogP contribution < -0.4 is 21.7 Å². The zero-order valence-corrected chi connectivity index (χ0v) is 10.9. The van der Waals surface area contributed by atoms with Crippen LogP contribution in [0.1, 0.15) is 6.92 Å². The molecule has 0 bridgehead atoms. The predicted octanol–water partition coefficient (Wildman–Crippen LogP) is -3.87. The highest BCUT2D eigenvalue weighted by molar-refractivity contribution is 5.91. The smallest absolute Gasteiger partial charge is 0.325 e. The minimum Gasteiger partial charge on any atom is -0.480 e. The van der Waals surface area contributed by atoms with Gasteiger partial charge in [0.15, 0.2) is 0 Å². The number of carboxylic acid groups (broad SMARTS) is 1. The Morgan fingerprint density at radius 2 is 1.75 bits per heavy atom. The SMILES string of the molecule is C[C@H](NC(=O)CNC(=O)[C@H](CO)NC(=O)CN)C(=O)O. The predicted molar refractivity (Wildman–Crippen MR) is 66.3 cm³/mol. The van der Waals surface area contributed by atoms with Crippen LogP contribution in [0.2, 0.25) is 0 Å². The molecule has 7 N–H and O–H groups in total. The summed E-state index contributed by atoms with van der Waals surface area (Å²) in [6.07, 6.45) is 0. The summed E-state index contributed by atoms with van der Waals surface area (Å²) in [4.78, 5) is 44.3. The van der Waals surface area contributed by atoms with Crippen LogP contribution in [0.25, 0.3) is 0 Å². The van der Waals surface area contributed by atoms with Crippen LogP contribution in [0.3, 0.4) is 0 Å². The molecular formula is C10H18N4O6. The number of rotatable bonds is 8. The number of hydrogen-bond acceptors (Lipinski definition) is 6. The van der Waals surface area contributed by atoms with E-state index >= 15 is 0 Å². The minimum absolute atomic E-state index is 0.347. The summed E-state index contributed by atoms with van der Waals surface area (Å²) < 4.78 is 0. The number of aliphatic hydroxyl groups excluding tert-OH is 1. The van der Waals surface area contributed by atoms with Crippen molar-refractivity contribution < 1.29 is 29.4 Å². The van der Waals surface area contributed by atoms with Gasteiger partial charge in [-0.25, -0.2) is 0 Å². The summed E-state index contributed by atoms with van der Waals surface area (Å²) >= 11 is 0. The maximum Gasteiger partial charge on any atom is 0.325 e. The zero-order chi connectivity index (χ0) is 15.7. The minimum atomic E-state index is -1.23. The number of carbonyl (C=O) groups is 4. The van der Waals surface area contributed by atoms with Gasteiger partial charge in [0.05, 0.1) is 19.7 Å². The van der Waals surface area contributed by atoms with Gasteiger partial charge in [-0.1, -0.05) is 0 Å². The van der Waals surface area contributed by atoms with E-state index in [9.17, 15) is 19.2 Å². The van der Waals surface area contributed by atoms with E-state index in [0.717, 1.165) is 0 Å². The molecule has 114 valence electrons. The summed E-state index contributed by atoms with van der Waals surface area (Å²) in [7, 11) is 0. The maximum atomic E-state index is 11.5. The van der Waals surface area contributed by atoms with Gasteiger partial charge in [-0.15, -0.1) is 0 Å². The first-order valence-electron chi connectivity index (χ1n) is 5.72. The first kappa shape index (κ1) is 17.8. The third-order valence-corrected chi connectivity index (χ3v) is 2.19. The molecule has 20 heavy (non-hydrogen) atoms. The molecule has 0 aliphatic rings. The Morgan fingerprint density at radius 1 is 1.15 bits per heavy atom. The average molecular weight is 290 g/mol. The fraction of sp³-hybridized carbons (Fsp3) is 0.600. The van der Waals surface area contributed by atoms with Crippen molar-refractivity contribution in [3.63, 3.8) is 0 Å². The van der Waals surface area contributed by atoms with Crippen LogP contribution in [0.4, 0.5) is 0 Å². The number of aliphatic carboxylic acids is 1. The van der Waals surface area contributed by atoms with E-state index in [1.165, 1.54) is 6.92 Å². The van der Waals surface area contributed by atoms with Crippen molar-refractivity contribution in [3.8, 4) is 0 Å². The maximum absolute atomic E-state index is 11.5. The van der Waals surface area contributed by atoms with Crippen molar-refractivity contribution in [2.24, 2.45) is 5.73 Å². The second-order valence-electron chi connectivity index (χ2n) is 3.85. The molecule has 0 heterocycles. The van der Waals surface area contributed by atoms with E-state index in [1.54, 1.807) is 0 Å². The van der Waals surface area contributed by atoms with Crippen molar-refractivity contribution in [2.45, 2.75) is 19.0 Å². The lowest BCUT2D eigenvalue weighted by molar-refractivity contribution is -0.141. The third-order valence-electron chi connectivity index (χ3n) is 2.19. The van der Waals surface area contributed by atoms with Crippen molar-refractivity contribution in [1.29, 1.82) is 0 Å². The highest BCUT2D eigenvalue weighted by atomic mass is 16.4. The fourth-order valence-corrected chi connectivity index (χ4v) is 1.09. The monoisotopic (exact) mass is 290 g/mol. The Kier molecular flexibility index (Phi) is 7.85. The molecular weight excluding hydrogens is 272 g/mol. The number of amides is 3. The summed E-state index contributed by atoms with van der Waals surface area (Å²) in [5, 5.41) is 23.9. The number of aliphatic hydroxyl groups is 1. The molecule has 0 aromatic heterocycles. The molecule has 0 saturated carbocycles. The van der Waals surface area contributed by atoms with Gasteiger partial charge < -0.3 is 31.9 Å². The lowest BCUT2D eigenvalue weighted by atomic mass is 10.2. The second-order valence-corrected chi connectivity index (χ2v) is 3.85. The van der Waals surface area contributed by atoms with E-state index in [1.807, 2.05) is 0 Å². The Morgan fingerprint density at radius 3 is 2.20 bits per heavy atom. The summed E-state index contributed by atoms with van der Waals surface area (Å²) in [5.74, 6) is -3.35. The van der Waals surface area contributed by atoms with Crippen LogP contribution in [0, 0.1) is 0 Å². The molecule has 0 aliphatic heterocycles. The number of nitrogens with one attached hydrogen (secondary N) is 3. The summed E-state index contributed by atoms with van der Waals surface area (Å²) in [6.45, 7) is -0.226. The molecule has 0 fully saturated rings. The fourth-order valence-electron chi connectivity index (χ4n) is 1.09. The Hall–Kier alpha value is -2.20. The normalized spacial score (nSPS) is 12.9. The van der Waals surface area contributed by atoms with Crippen molar-refractivity contribution in [2.75, 3.05) is 19.7 Å². The highest BCUT2D eigenvalue weighted by Gasteiger charge is 2.20. The van der Waals surface area contributed by atoms with Gasteiger partial charge in [-0.3, -0.25) is 19.2 Å². The first-order chi connectivity index (χ1) is 9.31. The molecule has 0 aromatic carbocycles. The van der Waals surface area contributed by atoms with Gasteiger partial charge in [0.25, 0.3) is 0 Å². The molecule has 0 unspecified atom stereocenters. The van der Waals surface area contributed by atoms with Crippen LogP contribution in [-0.4, -0.2) is 65.7 Å². The Labute approximate surface area is 114 Å². The summed E-state index contributed by atoms with van der Waals surface area (Å²) in [6, 6.07) is -2.32. The van der Waals surface area contributed by atoms with Crippen molar-refractivity contribution >= 4 is 23.7 Å². The van der Waals surface area contributed by atoms with Gasteiger partial charge in [0.2, 0.25) is 17.7 Å². The lowest BCUT2D eigenvalue weighted by Gasteiger charge is -2.16. The second kappa shape index (κ2) is 8.82. The molecule has 0 radical (unpaired) electrons. The Balaban J connectivity index is 4.22. The molecule has 2 atom stereocenters. The highest BCUT2D eigenvalue weighted by Crippen LogP contribution is 1.84. The van der Waals surface area contributed by atoms with Crippen molar-refractivity contribution in [1.82, 2.24) is 16.0 Å². The van der Waals surface area contributed by atoms with Crippen LogP contribution in [-0.2, 0) is 19.2 Å². The van der Waals surface area contributed by atoms with Gasteiger partial charge >= 0.3 is 5.97 Å². The van der Waals surface area contributed by atoms with Gasteiger partial charge in [-0.2, -0.15) is 0 Å². The van der Waals surface area contributed by atoms with E-state index < -0.39 is 48.9 Å². The van der Waals surface area contributed by atoms with Gasteiger partial charge in [0.1, 0.15) is 12.1 Å². The molecule has 10 nitrogen and oxygen atoms in total. The van der Waals surface area contributed by atoms with Crippen LogP contribution in [0.5, 0.6) is 0 Å². The number of nitrogens with two attached hydrogens (primary N) is 1. The average Bonchev–Trinajstić information content (AvgIpc) is 2.41. The third kappa shape index (κ3) is 6.66. The van der Waals surface area contributed by atoms with E-state index in [4.69, 9.17) is 15.9 Å². The molecule has 0 aliphatic carbocycles. The number of carboxylic acids is 1. The molecule has 3 amide bonds. The van der Waals surface area contributed by atoms with E-state index in [2.05, 4.69) is 16.0 Å². The largest absolute Gasteiger partial charge is 0.480 e. The van der Waals surface area contributed by atoms with E-state index in [0.29, 0.717) is 0 Å². The standard InChI is InChI=1S/C10H18N4O6/c1-5(10(19)20)13-8(17)3-12-9(18)6(4-15)14-7(16)2-11/h5-6,15H,2-4,11H2,1H3,(H,12,18)(H,13,17)(H,14,16)(H,19,20)/t5-,6-/m0/s1. The number of hydrogen-bond donors (Lipinski definition) is 6. The molecule has 10 heteroatoms. The topological polar surface area (TPSA) is 171 Å².